The number of H-pyrrole nitrogens is 1. The number of esters is 1. The van der Waals surface area contributed by atoms with Gasteiger partial charge in [-0.2, -0.15) is 4.72 Å². The Bertz CT molecular complexity index is 1530. The number of carbonyl (C=O) groups excluding carboxylic acids is 3. The van der Waals surface area contributed by atoms with Crippen LogP contribution < -0.4 is 15.4 Å². The number of amides is 2. The van der Waals surface area contributed by atoms with Crippen LogP contribution in [-0.2, 0) is 29.1 Å². The summed E-state index contributed by atoms with van der Waals surface area (Å²) in [5, 5.41) is 6.34. The molecule has 43 heavy (non-hydrogen) atoms. The van der Waals surface area contributed by atoms with Crippen molar-refractivity contribution in [1.82, 2.24) is 29.9 Å². The van der Waals surface area contributed by atoms with E-state index in [-0.39, 0.29) is 36.9 Å². The van der Waals surface area contributed by atoms with Gasteiger partial charge in [-0.25, -0.2) is 13.4 Å². The van der Waals surface area contributed by atoms with Gasteiger partial charge in [0, 0.05) is 37.1 Å². The van der Waals surface area contributed by atoms with Gasteiger partial charge in [-0.15, -0.1) is 0 Å². The number of likely N-dealkylation sites (tertiary alicyclic amines) is 1. The summed E-state index contributed by atoms with van der Waals surface area (Å²) < 4.78 is 35.1. The lowest BCUT2D eigenvalue weighted by Gasteiger charge is -2.39. The minimum atomic E-state index is -4.20. The summed E-state index contributed by atoms with van der Waals surface area (Å²) >= 11 is 0. The Kier molecular flexibility index (Phi) is 10.7. The molecule has 2 aromatic heterocycles. The number of sulfonamides is 1. The molecule has 1 aromatic carbocycles. The summed E-state index contributed by atoms with van der Waals surface area (Å²) in [5.41, 5.74) is 1.19. The van der Waals surface area contributed by atoms with Gasteiger partial charge in [-0.05, 0) is 63.1 Å². The second kappa shape index (κ2) is 14.4. The number of pyridine rings is 1. The predicted molar refractivity (Wildman–Crippen MR) is 160 cm³/mol. The van der Waals surface area contributed by atoms with E-state index in [4.69, 9.17) is 4.74 Å². The zero-order chi connectivity index (χ0) is 31.0. The van der Waals surface area contributed by atoms with Crippen molar-refractivity contribution in [2.75, 3.05) is 31.6 Å². The maximum atomic E-state index is 14.1. The number of nitrogens with zero attached hydrogens (tertiary/aromatic N) is 3. The predicted octanol–water partition coefficient (Wildman–Crippen LogP) is 2.11. The van der Waals surface area contributed by atoms with Gasteiger partial charge in [0.2, 0.25) is 21.8 Å². The number of aromatic amines is 1. The molecule has 0 bridgehead atoms. The molecule has 0 aliphatic carbocycles. The molecular formula is C29H39N7O6S. The summed E-state index contributed by atoms with van der Waals surface area (Å²) in [6.07, 6.45) is 6.49. The van der Waals surface area contributed by atoms with E-state index in [1.165, 1.54) is 11.0 Å². The first-order valence-corrected chi connectivity index (χ1v) is 15.9. The summed E-state index contributed by atoms with van der Waals surface area (Å²) in [6, 6.07) is 4.71. The molecular weight excluding hydrogens is 574 g/mol. The number of hydrogen-bond acceptors (Lipinski definition) is 9. The third kappa shape index (κ3) is 8.29. The third-order valence-corrected chi connectivity index (χ3v) is 8.82. The van der Waals surface area contributed by atoms with Crippen molar-refractivity contribution < 1.29 is 27.5 Å². The number of para-hydroxylation sites is 1. The van der Waals surface area contributed by atoms with E-state index >= 15 is 0 Å². The second-order valence-electron chi connectivity index (χ2n) is 10.7. The van der Waals surface area contributed by atoms with Crippen molar-refractivity contribution in [2.45, 2.75) is 63.4 Å². The molecule has 0 radical (unpaired) electrons. The summed E-state index contributed by atoms with van der Waals surface area (Å²) in [7, 11) is -4.20. The number of imidazole rings is 1. The molecule has 2 amide bonds. The van der Waals surface area contributed by atoms with Crippen molar-refractivity contribution in [2.24, 2.45) is 5.92 Å². The van der Waals surface area contributed by atoms with Crippen molar-refractivity contribution in [3.8, 4) is 0 Å². The molecule has 0 spiro atoms. The van der Waals surface area contributed by atoms with Crippen molar-refractivity contribution in [1.29, 1.82) is 0 Å². The molecule has 3 unspecified atom stereocenters. The lowest BCUT2D eigenvalue weighted by Crippen LogP contribution is -2.58. The van der Waals surface area contributed by atoms with Crippen LogP contribution in [0, 0.1) is 12.8 Å². The molecule has 1 aliphatic rings. The molecule has 1 fully saturated rings. The van der Waals surface area contributed by atoms with Gasteiger partial charge in [-0.3, -0.25) is 19.4 Å². The van der Waals surface area contributed by atoms with Crippen molar-refractivity contribution in [3.05, 3.63) is 48.4 Å². The Morgan fingerprint density at radius 3 is 2.79 bits per heavy atom. The smallest absolute Gasteiger partial charge is 0.325 e. The molecule has 14 heteroatoms. The fourth-order valence-corrected chi connectivity index (χ4v) is 6.56. The first-order valence-electron chi connectivity index (χ1n) is 14.4. The zero-order valence-electron chi connectivity index (χ0n) is 24.6. The molecule has 1 aliphatic heterocycles. The quantitative estimate of drug-likeness (QED) is 0.166. The van der Waals surface area contributed by atoms with Crippen molar-refractivity contribution in [3.63, 3.8) is 0 Å². The van der Waals surface area contributed by atoms with Gasteiger partial charge in [0.1, 0.15) is 23.5 Å². The number of piperidine rings is 1. The molecule has 3 aromatic rings. The monoisotopic (exact) mass is 613 g/mol. The lowest BCUT2D eigenvalue weighted by atomic mass is 9.91. The Labute approximate surface area is 251 Å². The Morgan fingerprint density at radius 2 is 2.05 bits per heavy atom. The van der Waals surface area contributed by atoms with E-state index < -0.39 is 39.9 Å². The zero-order valence-corrected chi connectivity index (χ0v) is 25.4. The number of carbonyl (C=O) groups is 3. The number of rotatable bonds is 13. The van der Waals surface area contributed by atoms with Crippen LogP contribution in [0.3, 0.4) is 0 Å². The average molecular weight is 614 g/mol. The molecule has 13 nitrogen and oxygen atoms in total. The second-order valence-corrected chi connectivity index (χ2v) is 12.4. The number of benzene rings is 1. The van der Waals surface area contributed by atoms with Gasteiger partial charge in [0.15, 0.2) is 5.95 Å². The Balaban J connectivity index is 1.57. The lowest BCUT2D eigenvalue weighted by molar-refractivity contribution is -0.147. The minimum absolute atomic E-state index is 0.0347. The van der Waals surface area contributed by atoms with Crippen LogP contribution in [0.15, 0.2) is 47.8 Å². The highest BCUT2D eigenvalue weighted by atomic mass is 32.2. The number of anilines is 1. The van der Waals surface area contributed by atoms with Gasteiger partial charge in [0.05, 0.1) is 12.1 Å². The molecule has 3 heterocycles. The number of nitrogens with one attached hydrogen (secondary N) is 4. The van der Waals surface area contributed by atoms with Crippen molar-refractivity contribution >= 4 is 44.7 Å². The topological polar surface area (TPSA) is 175 Å². The van der Waals surface area contributed by atoms with Gasteiger partial charge in [0.25, 0.3) is 0 Å². The van der Waals surface area contributed by atoms with Gasteiger partial charge >= 0.3 is 5.97 Å². The Morgan fingerprint density at radius 1 is 1.23 bits per heavy atom. The highest BCUT2D eigenvalue weighted by Crippen LogP contribution is 2.26. The Hall–Kier alpha value is -4.04. The maximum Gasteiger partial charge on any atom is 0.325 e. The first kappa shape index (κ1) is 31.9. The number of aryl methyl sites for hydroxylation is 1. The maximum absolute atomic E-state index is 14.1. The molecule has 232 valence electrons. The van der Waals surface area contributed by atoms with Crippen LogP contribution in [0.25, 0.3) is 10.9 Å². The van der Waals surface area contributed by atoms with E-state index in [0.717, 1.165) is 5.56 Å². The van der Waals surface area contributed by atoms with E-state index in [0.29, 0.717) is 42.7 Å². The van der Waals surface area contributed by atoms with Crippen LogP contribution in [0.5, 0.6) is 0 Å². The highest BCUT2D eigenvalue weighted by Gasteiger charge is 2.39. The van der Waals surface area contributed by atoms with Crippen LogP contribution in [0.2, 0.25) is 0 Å². The number of aromatic nitrogens is 3. The standard InChI is InChI=1S/C29H39N7O6S/c1-4-42-25(37)18-34-27(38)23-16-19(2)10-14-36(23)28(39)22(8-6-11-30-29-31-12-13-32-29)35-43(40,41)24-9-5-7-21-15-20(3)17-33-26(21)24/h5,7,9,12-13,15,17,19,22-23,35H,4,6,8,10-11,14,16,18H2,1-3H3,(H,34,38)(H2,30,31,32). The summed E-state index contributed by atoms with van der Waals surface area (Å²) in [4.78, 5) is 51.9. The average Bonchev–Trinajstić information content (AvgIpc) is 3.50. The van der Waals surface area contributed by atoms with Gasteiger partial charge in [-0.1, -0.05) is 19.1 Å². The number of fused-ring (bicyclic) bond motifs is 1. The van der Waals surface area contributed by atoms with E-state index in [1.54, 1.807) is 37.6 Å². The summed E-state index contributed by atoms with van der Waals surface area (Å²) in [5.74, 6) is -0.855. The molecule has 3 atom stereocenters. The molecule has 0 saturated carbocycles. The normalized spacial score (nSPS) is 17.8. The van der Waals surface area contributed by atoms with Gasteiger partial charge < -0.3 is 25.3 Å². The SMILES string of the molecule is CCOC(=O)CNC(=O)C1CC(C)CCN1C(=O)C(CCCNc1ncc[nH]1)NS(=O)(=O)c1cccc2cc(C)cnc12. The fraction of sp³-hybridized carbons (Fsp3) is 0.483. The van der Waals surface area contributed by atoms with E-state index in [2.05, 4.69) is 30.3 Å². The molecule has 1 saturated heterocycles. The molecule has 4 N–H and O–H groups in total. The number of ether oxygens (including phenoxy) is 1. The van der Waals surface area contributed by atoms with Crippen LogP contribution >= 0.6 is 0 Å². The highest BCUT2D eigenvalue weighted by molar-refractivity contribution is 7.89. The molecule has 4 rings (SSSR count). The van der Waals surface area contributed by atoms with Crippen LogP contribution in [-0.4, -0.2) is 84.4 Å². The van der Waals surface area contributed by atoms with Crippen LogP contribution in [0.4, 0.5) is 5.95 Å². The van der Waals surface area contributed by atoms with E-state index in [1.807, 2.05) is 19.9 Å². The van der Waals surface area contributed by atoms with Crippen LogP contribution in [0.1, 0.15) is 45.1 Å². The fourth-order valence-electron chi connectivity index (χ4n) is 5.16. The third-order valence-electron chi connectivity index (χ3n) is 7.32. The number of hydrogen-bond donors (Lipinski definition) is 4. The first-order chi connectivity index (χ1) is 20.6. The minimum Gasteiger partial charge on any atom is -0.465 e. The largest absolute Gasteiger partial charge is 0.465 e. The van der Waals surface area contributed by atoms with E-state index in [9.17, 15) is 22.8 Å². The summed E-state index contributed by atoms with van der Waals surface area (Å²) in [6.45, 7) is 6.09.